The van der Waals surface area contributed by atoms with E-state index in [1.54, 1.807) is 0 Å². The number of rotatable bonds is 5. The van der Waals surface area contributed by atoms with Crippen molar-refractivity contribution in [2.75, 3.05) is 20.8 Å². The fraction of sp³-hybridized carbons (Fsp3) is 1.00. The molecule has 4 fully saturated rings. The normalized spacial score (nSPS) is 53.5. The second kappa shape index (κ2) is 10.7. The molecule has 0 aromatic carbocycles. The first-order chi connectivity index (χ1) is 15.7. The molecule has 0 spiro atoms. The van der Waals surface area contributed by atoms with Gasteiger partial charge in [0.05, 0.1) is 36.9 Å². The Bertz CT molecular complexity index is 623. The Kier molecular flexibility index (Phi) is 8.29. The second-order valence-electron chi connectivity index (χ2n) is 9.99. The number of hydrogen-bond acceptors (Lipinski definition) is 10. The van der Waals surface area contributed by atoms with Gasteiger partial charge >= 0.3 is 0 Å². The van der Waals surface area contributed by atoms with E-state index in [1.807, 2.05) is 0 Å². The Balaban J connectivity index is 1.56. The van der Waals surface area contributed by atoms with Crippen LogP contribution in [0.4, 0.5) is 0 Å². The maximum Gasteiger partial charge on any atom is 0.186 e. The lowest BCUT2D eigenvalue weighted by Gasteiger charge is -2.48. The zero-order valence-corrected chi connectivity index (χ0v) is 19.1. The largest absolute Gasteiger partial charge is 0.427 e. The smallest absolute Gasteiger partial charge is 0.186 e. The number of aliphatic hydroxyl groups is 8. The van der Waals surface area contributed by atoms with Crippen molar-refractivity contribution in [2.45, 2.75) is 106 Å². The monoisotopic (exact) mass is 479 g/mol. The van der Waals surface area contributed by atoms with Crippen LogP contribution in [0.3, 0.4) is 0 Å². The summed E-state index contributed by atoms with van der Waals surface area (Å²) in [6.45, 7) is -0.175. The molecule has 7 N–H and O–H groups in total. The van der Waals surface area contributed by atoms with E-state index < -0.39 is 61.2 Å². The van der Waals surface area contributed by atoms with Crippen LogP contribution in [-0.2, 0) is 18.9 Å². The quantitative estimate of drug-likeness (QED) is 0.230. The van der Waals surface area contributed by atoms with Crippen LogP contribution in [0.1, 0.15) is 32.1 Å². The Morgan fingerprint density at radius 1 is 0.727 bits per heavy atom. The summed E-state index contributed by atoms with van der Waals surface area (Å²) in [5.74, 6) is -0.293. The average Bonchev–Trinajstić information content (AvgIpc) is 2.79. The van der Waals surface area contributed by atoms with Crippen molar-refractivity contribution >= 4 is 0 Å². The van der Waals surface area contributed by atoms with Gasteiger partial charge in [0, 0.05) is 33.0 Å². The third-order valence-corrected chi connectivity index (χ3v) is 7.95. The Morgan fingerprint density at radius 2 is 1.39 bits per heavy atom. The van der Waals surface area contributed by atoms with E-state index in [0.29, 0.717) is 25.7 Å². The molecular formula is C22H39O11+. The van der Waals surface area contributed by atoms with Gasteiger partial charge in [0.15, 0.2) is 18.5 Å². The van der Waals surface area contributed by atoms with Crippen molar-refractivity contribution in [3.8, 4) is 0 Å². The van der Waals surface area contributed by atoms with Gasteiger partial charge in [0.2, 0.25) is 0 Å². The molecule has 11 nitrogen and oxygen atoms in total. The van der Waals surface area contributed by atoms with Gasteiger partial charge in [-0.2, -0.15) is 0 Å². The van der Waals surface area contributed by atoms with Crippen molar-refractivity contribution in [1.82, 2.24) is 0 Å². The summed E-state index contributed by atoms with van der Waals surface area (Å²) in [5, 5.41) is 61.6. The third kappa shape index (κ3) is 5.24. The number of hydrogen-bond donors (Lipinski definition) is 6. The highest BCUT2D eigenvalue weighted by molar-refractivity contribution is 4.99. The average molecular weight is 480 g/mol. The molecule has 4 rings (SSSR count). The van der Waals surface area contributed by atoms with Crippen LogP contribution >= 0.6 is 0 Å². The lowest BCUT2D eigenvalue weighted by molar-refractivity contribution is -0.346. The van der Waals surface area contributed by atoms with E-state index >= 15 is 0 Å². The molecule has 0 aromatic rings. The minimum Gasteiger partial charge on any atom is -0.427 e. The molecule has 4 aliphatic rings. The predicted molar refractivity (Wildman–Crippen MR) is 112 cm³/mol. The van der Waals surface area contributed by atoms with E-state index in [1.165, 1.54) is 14.2 Å². The Morgan fingerprint density at radius 3 is 2.03 bits per heavy atom. The van der Waals surface area contributed by atoms with E-state index in [4.69, 9.17) is 23.7 Å². The first kappa shape index (κ1) is 25.6. The first-order valence-electron chi connectivity index (χ1n) is 11.8. The van der Waals surface area contributed by atoms with Gasteiger partial charge in [-0.05, 0) is 19.3 Å². The fourth-order valence-electron chi connectivity index (χ4n) is 6.06. The molecule has 2 aliphatic heterocycles. The summed E-state index contributed by atoms with van der Waals surface area (Å²) >= 11 is 0. The first-order valence-corrected chi connectivity index (χ1v) is 11.8. The highest BCUT2D eigenvalue weighted by atomic mass is 16.7. The molecular weight excluding hydrogens is 440 g/mol. The highest BCUT2D eigenvalue weighted by Gasteiger charge is 2.55. The standard InChI is InChI=1S/C22H38O11/c1-29-15-3-9(4-16(30-2)19(15)27)21-17(33-22-20(28)18(26)13(25)8-31-22)7-11-12(24)5-10(23)6-14(11)32-21/h9-28H,3-8H2,1-2H3/p+1/t9?,10?,11?,12?,13-,14?,15?,16?,17?,18-,19?,20+,21?,22+/m0/s1. The molecule has 11 heteroatoms. The summed E-state index contributed by atoms with van der Waals surface area (Å²) in [6, 6.07) is 0. The Hall–Kier alpha value is -0.440. The molecule has 8 unspecified atom stereocenters. The number of methoxy groups -OCH3 is 2. The summed E-state index contributed by atoms with van der Waals surface area (Å²) in [6.07, 6.45) is -7.19. The molecule has 2 aliphatic carbocycles. The summed E-state index contributed by atoms with van der Waals surface area (Å²) < 4.78 is 27.7. The number of aliphatic hydroxyl groups excluding tert-OH is 6. The van der Waals surface area contributed by atoms with Crippen LogP contribution < -0.4 is 0 Å². The second-order valence-corrected chi connectivity index (χ2v) is 9.99. The molecule has 2 saturated carbocycles. The lowest BCUT2D eigenvalue weighted by Crippen LogP contribution is -2.62. The van der Waals surface area contributed by atoms with Gasteiger partial charge in [-0.3, -0.25) is 0 Å². The summed E-state index contributed by atoms with van der Waals surface area (Å²) in [7, 11) is 3.08. The van der Waals surface area contributed by atoms with E-state index in [9.17, 15) is 30.6 Å². The van der Waals surface area contributed by atoms with Crippen LogP contribution in [-0.4, -0.2) is 130 Å². The van der Waals surface area contributed by atoms with Gasteiger partial charge < -0.3 is 54.3 Å². The molecule has 0 aromatic heterocycles. The van der Waals surface area contributed by atoms with Crippen molar-refractivity contribution in [3.05, 3.63) is 0 Å². The van der Waals surface area contributed by atoms with Gasteiger partial charge in [0.25, 0.3) is 0 Å². The fourth-order valence-corrected chi connectivity index (χ4v) is 6.06. The van der Waals surface area contributed by atoms with Gasteiger partial charge in [-0.15, -0.1) is 0 Å². The van der Waals surface area contributed by atoms with Gasteiger partial charge in [-0.1, -0.05) is 0 Å². The van der Waals surface area contributed by atoms with Crippen molar-refractivity contribution in [2.24, 2.45) is 11.8 Å². The number of ether oxygens (including phenoxy) is 5. The molecule has 192 valence electrons. The highest BCUT2D eigenvalue weighted by Crippen LogP contribution is 2.42. The minimum absolute atomic E-state index is 0.0818. The van der Waals surface area contributed by atoms with E-state index in [-0.39, 0.29) is 37.1 Å². The maximum atomic E-state index is 10.6. The molecule has 2 saturated heterocycles. The topological polar surface area (TPSA) is 171 Å². The van der Waals surface area contributed by atoms with Crippen LogP contribution in [0.5, 0.6) is 0 Å². The molecule has 0 amide bonds. The van der Waals surface area contributed by atoms with Gasteiger partial charge in [0.1, 0.15) is 30.5 Å². The van der Waals surface area contributed by atoms with Crippen LogP contribution in [0.2, 0.25) is 0 Å². The SMILES string of the molecule is COC1CC(C2[OH+]C3CC(O)CC(O)C3CC2O[C@H]2OC[C@H](O)[C@H](O)[C@H]2O)CC(OC)C1O. The molecule has 2 heterocycles. The van der Waals surface area contributed by atoms with E-state index in [2.05, 4.69) is 0 Å². The zero-order valence-electron chi connectivity index (χ0n) is 19.1. The van der Waals surface area contributed by atoms with Gasteiger partial charge in [-0.25, -0.2) is 0 Å². The molecule has 33 heavy (non-hydrogen) atoms. The van der Waals surface area contributed by atoms with Crippen LogP contribution in [0.15, 0.2) is 0 Å². The minimum atomic E-state index is -1.43. The van der Waals surface area contributed by atoms with E-state index in [0.717, 1.165) is 0 Å². The Labute approximate surface area is 193 Å². The van der Waals surface area contributed by atoms with Crippen LogP contribution in [0.25, 0.3) is 0 Å². The van der Waals surface area contributed by atoms with Crippen LogP contribution in [0, 0.1) is 11.8 Å². The molecule has 12 atom stereocenters. The van der Waals surface area contributed by atoms with Crippen molar-refractivity contribution in [1.29, 1.82) is 0 Å². The predicted octanol–water partition coefficient (Wildman–Crippen LogP) is -2.59. The van der Waals surface area contributed by atoms with Crippen molar-refractivity contribution < 1.29 is 54.3 Å². The summed E-state index contributed by atoms with van der Waals surface area (Å²) in [4.78, 5) is 0. The molecule has 0 radical (unpaired) electrons. The maximum absolute atomic E-state index is 10.6. The summed E-state index contributed by atoms with van der Waals surface area (Å²) in [5.41, 5.74) is 0. The lowest BCUT2D eigenvalue weighted by atomic mass is 9.72. The third-order valence-electron chi connectivity index (χ3n) is 7.95. The number of fused-ring (bicyclic) bond motifs is 1. The van der Waals surface area contributed by atoms with Crippen molar-refractivity contribution in [3.63, 3.8) is 0 Å². The molecule has 0 bridgehead atoms. The zero-order chi connectivity index (χ0) is 23.9.